The molecule has 32 heavy (non-hydrogen) atoms. The minimum absolute atomic E-state index is 0.0462. The molecule has 0 bridgehead atoms. The standard InChI is InChI=1S/C25H41N3O4/c1-23(2,3)20(26)22(32)28-14-25(13-24(25)8-5-9-24)12-17(28)18(29)11-16(19(30)21(27)31)10-15-6-4-7-15/h15-17,19-20,30H,4-14,26H2,1-3H3,(H2,27,31)/t16?,17-,19?,20+,25-/m0/s1. The molecule has 4 rings (SSSR count). The summed E-state index contributed by atoms with van der Waals surface area (Å²) in [6, 6.07) is -1.19. The van der Waals surface area contributed by atoms with Gasteiger partial charge in [0.2, 0.25) is 11.8 Å². The van der Waals surface area contributed by atoms with E-state index in [0.29, 0.717) is 30.7 Å². The van der Waals surface area contributed by atoms with Gasteiger partial charge in [-0.15, -0.1) is 0 Å². The number of hydrogen-bond donors (Lipinski definition) is 3. The number of fused-ring (bicyclic) bond motifs is 1. The first kappa shape index (κ1) is 23.7. The van der Waals surface area contributed by atoms with Crippen LogP contribution in [0.25, 0.3) is 0 Å². The Labute approximate surface area is 191 Å². The number of nitrogens with zero attached hydrogens (tertiary/aromatic N) is 1. The number of carbonyl (C=O) groups excluding carboxylic acids is 3. The van der Waals surface area contributed by atoms with Crippen LogP contribution in [0.5, 0.6) is 0 Å². The van der Waals surface area contributed by atoms with Crippen molar-refractivity contribution in [1.29, 1.82) is 0 Å². The molecule has 4 aliphatic rings. The van der Waals surface area contributed by atoms with E-state index in [1.54, 1.807) is 4.90 Å². The van der Waals surface area contributed by atoms with Crippen LogP contribution < -0.4 is 11.5 Å². The lowest BCUT2D eigenvalue weighted by Crippen LogP contribution is -2.53. The molecule has 2 spiro atoms. The lowest BCUT2D eigenvalue weighted by atomic mass is 9.73. The second-order valence-corrected chi connectivity index (χ2v) is 12.4. The van der Waals surface area contributed by atoms with E-state index in [4.69, 9.17) is 11.5 Å². The van der Waals surface area contributed by atoms with Crippen molar-refractivity contribution < 1.29 is 19.5 Å². The summed E-state index contributed by atoms with van der Waals surface area (Å²) in [5.74, 6) is -1.02. The van der Waals surface area contributed by atoms with E-state index < -0.39 is 35.4 Å². The first-order chi connectivity index (χ1) is 14.9. The number of Topliss-reactive ketones (excluding diaryl/α,β-unsaturated/α-hetero) is 1. The molecule has 0 aromatic heterocycles. The van der Waals surface area contributed by atoms with Crippen LogP contribution in [0, 0.1) is 28.1 Å². The smallest absolute Gasteiger partial charge is 0.246 e. The van der Waals surface area contributed by atoms with Gasteiger partial charge in [0.1, 0.15) is 6.10 Å². The highest BCUT2D eigenvalue weighted by molar-refractivity contribution is 5.92. The van der Waals surface area contributed by atoms with Gasteiger partial charge in [-0.1, -0.05) is 46.5 Å². The van der Waals surface area contributed by atoms with Crippen LogP contribution in [-0.4, -0.2) is 52.3 Å². The summed E-state index contributed by atoms with van der Waals surface area (Å²) in [6.45, 7) is 6.44. The van der Waals surface area contributed by atoms with Gasteiger partial charge in [0, 0.05) is 18.9 Å². The predicted octanol–water partition coefficient (Wildman–Crippen LogP) is 2.13. The van der Waals surface area contributed by atoms with Crippen molar-refractivity contribution in [2.75, 3.05) is 6.54 Å². The molecule has 3 saturated carbocycles. The highest BCUT2D eigenvalue weighted by atomic mass is 16.3. The van der Waals surface area contributed by atoms with Crippen molar-refractivity contribution in [3.63, 3.8) is 0 Å². The zero-order chi connectivity index (χ0) is 23.5. The van der Waals surface area contributed by atoms with Crippen LogP contribution in [0.3, 0.4) is 0 Å². The number of amides is 2. The number of carbonyl (C=O) groups is 3. The summed E-state index contributed by atoms with van der Waals surface area (Å²) < 4.78 is 0. The van der Waals surface area contributed by atoms with E-state index in [1.807, 2.05) is 20.8 Å². The number of ketones is 1. The summed E-state index contributed by atoms with van der Waals surface area (Å²) in [6.07, 6.45) is 8.06. The zero-order valence-corrected chi connectivity index (χ0v) is 19.9. The van der Waals surface area contributed by atoms with Crippen LogP contribution in [0.4, 0.5) is 0 Å². The Balaban J connectivity index is 1.53. The van der Waals surface area contributed by atoms with Gasteiger partial charge in [-0.3, -0.25) is 14.4 Å². The Hall–Kier alpha value is -1.47. The van der Waals surface area contributed by atoms with E-state index in [0.717, 1.165) is 25.7 Å². The second kappa shape index (κ2) is 8.08. The van der Waals surface area contributed by atoms with E-state index in [1.165, 1.54) is 19.3 Å². The monoisotopic (exact) mass is 447 g/mol. The average molecular weight is 448 g/mol. The molecule has 2 amide bonds. The fraction of sp³-hybridized carbons (Fsp3) is 0.880. The van der Waals surface area contributed by atoms with Crippen LogP contribution in [0.1, 0.15) is 85.0 Å². The lowest BCUT2D eigenvalue weighted by Gasteiger charge is -2.34. The van der Waals surface area contributed by atoms with Crippen molar-refractivity contribution in [1.82, 2.24) is 4.90 Å². The topological polar surface area (TPSA) is 127 Å². The Morgan fingerprint density at radius 1 is 1.12 bits per heavy atom. The van der Waals surface area contributed by atoms with Crippen LogP contribution in [0.2, 0.25) is 0 Å². The largest absolute Gasteiger partial charge is 0.383 e. The predicted molar refractivity (Wildman–Crippen MR) is 121 cm³/mol. The quantitative estimate of drug-likeness (QED) is 0.525. The van der Waals surface area contributed by atoms with Crippen LogP contribution in [-0.2, 0) is 14.4 Å². The molecule has 3 aliphatic carbocycles. The Bertz CT molecular complexity index is 783. The van der Waals surface area contributed by atoms with Crippen molar-refractivity contribution in [2.24, 2.45) is 39.5 Å². The summed E-state index contributed by atoms with van der Waals surface area (Å²) in [5, 5.41) is 10.4. The molecule has 0 aromatic rings. The molecule has 180 valence electrons. The van der Waals surface area contributed by atoms with Gasteiger partial charge in [0.25, 0.3) is 0 Å². The molecule has 1 aliphatic heterocycles. The third-order valence-electron chi connectivity index (χ3n) is 9.34. The van der Waals surface area contributed by atoms with Crippen LogP contribution >= 0.6 is 0 Å². The Kier molecular flexibility index (Phi) is 5.98. The zero-order valence-electron chi connectivity index (χ0n) is 19.9. The fourth-order valence-electron chi connectivity index (χ4n) is 6.58. The molecule has 1 saturated heterocycles. The number of nitrogens with two attached hydrogens (primary N) is 2. The van der Waals surface area contributed by atoms with Crippen LogP contribution in [0.15, 0.2) is 0 Å². The molecule has 7 nitrogen and oxygen atoms in total. The molecule has 5 N–H and O–H groups in total. The summed E-state index contributed by atoms with van der Waals surface area (Å²) in [4.78, 5) is 40.5. The van der Waals surface area contributed by atoms with Gasteiger partial charge in [-0.05, 0) is 54.3 Å². The van der Waals surface area contributed by atoms with Crippen molar-refractivity contribution in [3.8, 4) is 0 Å². The van der Waals surface area contributed by atoms with E-state index >= 15 is 0 Å². The van der Waals surface area contributed by atoms with Gasteiger partial charge >= 0.3 is 0 Å². The minimum Gasteiger partial charge on any atom is -0.383 e. The third-order valence-corrected chi connectivity index (χ3v) is 9.34. The summed E-state index contributed by atoms with van der Waals surface area (Å²) in [5.41, 5.74) is 11.7. The molecule has 0 radical (unpaired) electrons. The Morgan fingerprint density at radius 2 is 1.78 bits per heavy atom. The van der Waals surface area contributed by atoms with Crippen molar-refractivity contribution >= 4 is 17.6 Å². The molecule has 1 heterocycles. The minimum atomic E-state index is -1.32. The number of rotatable bonds is 8. The summed E-state index contributed by atoms with van der Waals surface area (Å²) in [7, 11) is 0. The summed E-state index contributed by atoms with van der Waals surface area (Å²) >= 11 is 0. The first-order valence-electron chi connectivity index (χ1n) is 12.5. The van der Waals surface area contributed by atoms with Crippen molar-refractivity contribution in [3.05, 3.63) is 0 Å². The number of primary amides is 1. The number of hydrogen-bond acceptors (Lipinski definition) is 5. The third kappa shape index (κ3) is 4.00. The second-order valence-electron chi connectivity index (χ2n) is 12.4. The average Bonchev–Trinajstić information content (AvgIpc) is 3.16. The molecule has 7 heteroatoms. The molecule has 5 atom stereocenters. The van der Waals surface area contributed by atoms with Gasteiger partial charge in [0.15, 0.2) is 5.78 Å². The number of aliphatic hydroxyl groups excluding tert-OH is 1. The molecule has 0 aromatic carbocycles. The van der Waals surface area contributed by atoms with Gasteiger partial charge in [0.05, 0.1) is 12.1 Å². The van der Waals surface area contributed by atoms with Gasteiger partial charge in [-0.25, -0.2) is 0 Å². The normalized spacial score (nSPS) is 31.7. The fourth-order valence-corrected chi connectivity index (χ4v) is 6.58. The van der Waals surface area contributed by atoms with E-state index in [9.17, 15) is 19.5 Å². The lowest BCUT2D eigenvalue weighted by molar-refractivity contribution is -0.142. The van der Waals surface area contributed by atoms with Gasteiger partial charge in [-0.2, -0.15) is 0 Å². The maximum absolute atomic E-state index is 13.6. The highest BCUT2D eigenvalue weighted by Crippen LogP contribution is 2.77. The first-order valence-corrected chi connectivity index (χ1v) is 12.5. The maximum atomic E-state index is 13.6. The van der Waals surface area contributed by atoms with Crippen molar-refractivity contribution in [2.45, 2.75) is 103 Å². The SMILES string of the molecule is CC(C)(C)[C@H](N)C(=O)N1C[C@]2(C[C@H]1C(=O)CC(CC1CCC1)C(O)C(N)=O)CC21CCC1. The highest BCUT2D eigenvalue weighted by Gasteiger charge is 2.73. The van der Waals surface area contributed by atoms with Gasteiger partial charge < -0.3 is 21.5 Å². The van der Waals surface area contributed by atoms with E-state index in [2.05, 4.69) is 0 Å². The number of aliphatic hydroxyl groups is 1. The van der Waals surface area contributed by atoms with E-state index in [-0.39, 0.29) is 23.5 Å². The molecular formula is C25H41N3O4. The molecule has 4 fully saturated rings. The molecular weight excluding hydrogens is 406 g/mol. The number of likely N-dealkylation sites (tertiary alicyclic amines) is 1. The molecule has 2 unspecified atom stereocenters. The maximum Gasteiger partial charge on any atom is 0.246 e. The Morgan fingerprint density at radius 3 is 2.22 bits per heavy atom.